The molecule has 98 valence electrons. The Morgan fingerprint density at radius 1 is 1.33 bits per heavy atom. The molecule has 0 N–H and O–H groups in total. The average Bonchev–Trinajstić information content (AvgIpc) is 2.77. The summed E-state index contributed by atoms with van der Waals surface area (Å²) in [7, 11) is -0.985. The molecule has 1 atom stereocenters. The van der Waals surface area contributed by atoms with Gasteiger partial charge in [0.15, 0.2) is 9.99 Å². The van der Waals surface area contributed by atoms with Crippen LogP contribution in [0.1, 0.15) is 31.0 Å². The van der Waals surface area contributed by atoms with Crippen LogP contribution >= 0.6 is 27.3 Å². The monoisotopic (exact) mass is 346 g/mol. The van der Waals surface area contributed by atoms with E-state index in [1.165, 1.54) is 11.3 Å². The Hall–Kier alpha value is -0.330. The molecule has 3 nitrogen and oxygen atoms in total. The topological polar surface area (TPSA) is 42.9 Å². The van der Waals surface area contributed by atoms with Crippen molar-refractivity contribution in [3.05, 3.63) is 15.7 Å². The maximum absolute atomic E-state index is 12.1. The molecule has 0 spiro atoms. The number of pyridine rings is 1. The number of unbranched alkanes of at least 4 members (excludes halogenated alkanes) is 1. The lowest BCUT2D eigenvalue weighted by molar-refractivity contribution is 0.679. The molecule has 0 fully saturated rings. The van der Waals surface area contributed by atoms with Gasteiger partial charge in [0.1, 0.15) is 0 Å². The minimum absolute atomic E-state index is 0.690. The largest absolute Gasteiger partial charge is 0.252 e. The summed E-state index contributed by atoms with van der Waals surface area (Å²) >= 11 is 5.03. The number of fused-ring (bicyclic) bond motifs is 1. The van der Waals surface area contributed by atoms with Crippen molar-refractivity contribution in [2.45, 2.75) is 38.0 Å². The minimum atomic E-state index is -0.985. The SMILES string of the molecule is CCCC[S@@](=O)c1nc2nc(C)c(Br)c(C)c2s1. The average molecular weight is 347 g/mol. The Kier molecular flexibility index (Phi) is 4.50. The van der Waals surface area contributed by atoms with Gasteiger partial charge in [0.2, 0.25) is 0 Å². The smallest absolute Gasteiger partial charge is 0.183 e. The summed E-state index contributed by atoms with van der Waals surface area (Å²) in [5.74, 6) is 0.690. The van der Waals surface area contributed by atoms with Crippen LogP contribution in [0.4, 0.5) is 0 Å². The van der Waals surface area contributed by atoms with E-state index >= 15 is 0 Å². The third-order valence-electron chi connectivity index (χ3n) is 2.73. The van der Waals surface area contributed by atoms with Gasteiger partial charge in [-0.15, -0.1) is 11.3 Å². The second kappa shape index (κ2) is 5.75. The fourth-order valence-corrected chi connectivity index (χ4v) is 4.60. The summed E-state index contributed by atoms with van der Waals surface area (Å²) in [5, 5.41) is 0. The molecule has 0 bridgehead atoms. The molecule has 2 rings (SSSR count). The van der Waals surface area contributed by atoms with Gasteiger partial charge in [0.25, 0.3) is 0 Å². The zero-order valence-electron chi connectivity index (χ0n) is 10.6. The highest BCUT2D eigenvalue weighted by Crippen LogP contribution is 2.32. The third-order valence-corrected chi connectivity index (χ3v) is 6.80. The summed E-state index contributed by atoms with van der Waals surface area (Å²) in [6, 6.07) is 0. The molecule has 2 aromatic heterocycles. The summed E-state index contributed by atoms with van der Waals surface area (Å²) in [4.78, 5) is 8.85. The van der Waals surface area contributed by atoms with Gasteiger partial charge >= 0.3 is 0 Å². The zero-order valence-corrected chi connectivity index (χ0v) is 13.8. The van der Waals surface area contributed by atoms with Crippen LogP contribution in [0.3, 0.4) is 0 Å². The predicted octanol–water partition coefficient (Wildman–Crippen LogP) is 3.98. The lowest BCUT2D eigenvalue weighted by Crippen LogP contribution is -1.96. The van der Waals surface area contributed by atoms with Gasteiger partial charge in [-0.1, -0.05) is 13.3 Å². The number of aryl methyl sites for hydroxylation is 2. The molecule has 0 saturated carbocycles. The van der Waals surface area contributed by atoms with Crippen LogP contribution in [0.15, 0.2) is 8.81 Å². The van der Waals surface area contributed by atoms with Crippen molar-refractivity contribution in [1.29, 1.82) is 0 Å². The molecule has 0 amide bonds. The molecule has 0 aliphatic carbocycles. The first-order valence-electron chi connectivity index (χ1n) is 5.86. The second-order valence-corrected chi connectivity index (χ2v) is 7.71. The lowest BCUT2D eigenvalue weighted by Gasteiger charge is -2.01. The maximum Gasteiger partial charge on any atom is 0.183 e. The first-order chi connectivity index (χ1) is 8.54. The van der Waals surface area contributed by atoms with E-state index in [1.807, 2.05) is 13.8 Å². The molecule has 0 saturated heterocycles. The molecule has 0 aromatic carbocycles. The number of thiazole rings is 1. The number of hydrogen-bond acceptors (Lipinski definition) is 4. The number of halogens is 1. The van der Waals surface area contributed by atoms with Crippen molar-refractivity contribution in [1.82, 2.24) is 9.97 Å². The number of hydrogen-bond donors (Lipinski definition) is 0. The van der Waals surface area contributed by atoms with Crippen molar-refractivity contribution in [3.8, 4) is 0 Å². The van der Waals surface area contributed by atoms with Crippen molar-refractivity contribution in [3.63, 3.8) is 0 Å². The standard InChI is InChI=1S/C12H15BrN2OS2/c1-4-5-6-18(16)12-15-11-10(17-12)7(2)9(13)8(3)14-11/h4-6H2,1-3H3/t18-/m1/s1. The van der Waals surface area contributed by atoms with Crippen molar-refractivity contribution >= 4 is 48.4 Å². The summed E-state index contributed by atoms with van der Waals surface area (Å²) in [6.45, 7) is 6.09. The van der Waals surface area contributed by atoms with Gasteiger partial charge in [0, 0.05) is 10.2 Å². The Bertz CT molecular complexity index is 610. The van der Waals surface area contributed by atoms with Gasteiger partial charge in [-0.25, -0.2) is 9.97 Å². The van der Waals surface area contributed by atoms with Crippen LogP contribution in [-0.2, 0) is 10.8 Å². The van der Waals surface area contributed by atoms with E-state index in [0.29, 0.717) is 10.1 Å². The molecule has 2 aromatic rings. The molecule has 0 radical (unpaired) electrons. The van der Waals surface area contributed by atoms with Gasteiger partial charge in [-0.05, 0) is 41.8 Å². The molecular formula is C12H15BrN2OS2. The highest BCUT2D eigenvalue weighted by atomic mass is 79.9. The van der Waals surface area contributed by atoms with Crippen molar-refractivity contribution in [2.24, 2.45) is 0 Å². The lowest BCUT2D eigenvalue weighted by atomic mass is 10.2. The fraction of sp³-hybridized carbons (Fsp3) is 0.500. The highest BCUT2D eigenvalue weighted by Gasteiger charge is 2.15. The van der Waals surface area contributed by atoms with Crippen molar-refractivity contribution in [2.75, 3.05) is 5.75 Å². The van der Waals surface area contributed by atoms with E-state index in [1.54, 1.807) is 0 Å². The van der Waals surface area contributed by atoms with Gasteiger partial charge < -0.3 is 0 Å². The molecule has 6 heteroatoms. The third kappa shape index (κ3) is 2.65. The number of nitrogens with zero attached hydrogens (tertiary/aromatic N) is 2. The zero-order chi connectivity index (χ0) is 13.3. The van der Waals surface area contributed by atoms with E-state index in [2.05, 4.69) is 32.8 Å². The number of rotatable bonds is 4. The van der Waals surface area contributed by atoms with Crippen LogP contribution < -0.4 is 0 Å². The van der Waals surface area contributed by atoms with Crippen LogP contribution in [-0.4, -0.2) is 19.9 Å². The quantitative estimate of drug-likeness (QED) is 0.840. The van der Waals surface area contributed by atoms with Gasteiger partial charge in [0.05, 0.1) is 21.2 Å². The van der Waals surface area contributed by atoms with Gasteiger partial charge in [-0.2, -0.15) is 0 Å². The van der Waals surface area contributed by atoms with E-state index < -0.39 is 10.8 Å². The Morgan fingerprint density at radius 2 is 2.06 bits per heavy atom. The normalized spacial score (nSPS) is 13.1. The van der Waals surface area contributed by atoms with E-state index in [9.17, 15) is 4.21 Å². The molecule has 0 unspecified atom stereocenters. The van der Waals surface area contributed by atoms with Crippen molar-refractivity contribution < 1.29 is 4.21 Å². The maximum atomic E-state index is 12.1. The number of aromatic nitrogens is 2. The van der Waals surface area contributed by atoms with E-state index in [0.717, 1.165) is 38.9 Å². The first-order valence-corrected chi connectivity index (χ1v) is 8.79. The highest BCUT2D eigenvalue weighted by molar-refractivity contribution is 9.10. The molecular weight excluding hydrogens is 332 g/mol. The molecule has 2 heterocycles. The van der Waals surface area contributed by atoms with Crippen LogP contribution in [0, 0.1) is 13.8 Å². The minimum Gasteiger partial charge on any atom is -0.252 e. The Labute approximate surface area is 122 Å². The Morgan fingerprint density at radius 3 is 2.72 bits per heavy atom. The molecule has 0 aliphatic heterocycles. The van der Waals surface area contributed by atoms with Crippen LogP contribution in [0.25, 0.3) is 10.3 Å². The van der Waals surface area contributed by atoms with Crippen LogP contribution in [0.5, 0.6) is 0 Å². The van der Waals surface area contributed by atoms with Crippen LogP contribution in [0.2, 0.25) is 0 Å². The first kappa shape index (κ1) is 14.1. The summed E-state index contributed by atoms with van der Waals surface area (Å²) < 4.78 is 14.8. The molecule has 18 heavy (non-hydrogen) atoms. The van der Waals surface area contributed by atoms with E-state index in [4.69, 9.17) is 0 Å². The molecule has 0 aliphatic rings. The predicted molar refractivity (Wildman–Crippen MR) is 80.8 cm³/mol. The Balaban J connectivity index is 2.44. The second-order valence-electron chi connectivity index (χ2n) is 4.17. The van der Waals surface area contributed by atoms with Gasteiger partial charge in [-0.3, -0.25) is 4.21 Å². The summed E-state index contributed by atoms with van der Waals surface area (Å²) in [6.07, 6.45) is 2.02. The van der Waals surface area contributed by atoms with E-state index in [-0.39, 0.29) is 0 Å². The summed E-state index contributed by atoms with van der Waals surface area (Å²) in [5.41, 5.74) is 2.78. The fourth-order valence-electron chi connectivity index (χ4n) is 1.65.